The largest absolute Gasteiger partial charge is 0.443 e. The van der Waals surface area contributed by atoms with E-state index in [1.165, 1.54) is 44.9 Å². The molecule has 4 saturated carbocycles. The molecule has 0 unspecified atom stereocenters. The van der Waals surface area contributed by atoms with Crippen LogP contribution in [0.3, 0.4) is 0 Å². The third-order valence-electron chi connectivity index (χ3n) is 12.4. The molecule has 3 heteroatoms. The minimum atomic E-state index is -0.882. The first-order valence-corrected chi connectivity index (χ1v) is 15.4. The molecule has 1 N–H and O–H groups in total. The van der Waals surface area contributed by atoms with Crippen LogP contribution >= 0.6 is 0 Å². The summed E-state index contributed by atoms with van der Waals surface area (Å²) in [6.45, 7) is 11.6. The van der Waals surface area contributed by atoms with Crippen LogP contribution in [-0.2, 0) is 4.74 Å². The number of hydrogen-bond acceptors (Lipinski definition) is 3. The fraction of sp³-hybridized carbons (Fsp3) is 0.743. The van der Waals surface area contributed by atoms with Gasteiger partial charge in [0.2, 0.25) is 0 Å². The van der Waals surface area contributed by atoms with Crippen molar-refractivity contribution in [2.24, 2.45) is 46.3 Å². The summed E-state index contributed by atoms with van der Waals surface area (Å²) in [5.74, 6) is 6.91. The Morgan fingerprint density at radius 3 is 2.47 bits per heavy atom. The van der Waals surface area contributed by atoms with Gasteiger partial charge in [-0.2, -0.15) is 0 Å². The van der Waals surface area contributed by atoms with Gasteiger partial charge in [-0.25, -0.2) is 4.79 Å². The van der Waals surface area contributed by atoms with Gasteiger partial charge in [-0.15, -0.1) is 6.42 Å². The van der Waals surface area contributed by atoms with Crippen LogP contribution in [0.5, 0.6) is 0 Å². The Bertz CT molecular complexity index is 1050. The fourth-order valence-electron chi connectivity index (χ4n) is 10.1. The lowest BCUT2D eigenvalue weighted by Gasteiger charge is -2.62. The van der Waals surface area contributed by atoms with Gasteiger partial charge < -0.3 is 9.84 Å². The second-order valence-corrected chi connectivity index (χ2v) is 14.7. The van der Waals surface area contributed by atoms with Gasteiger partial charge >= 0.3 is 5.97 Å². The minimum Gasteiger partial charge on any atom is -0.443 e. The fourth-order valence-corrected chi connectivity index (χ4v) is 10.1. The Morgan fingerprint density at radius 1 is 1.05 bits per heavy atom. The Kier molecular flexibility index (Phi) is 7.30. The Hall–Kier alpha value is -1.79. The Morgan fingerprint density at radius 2 is 1.76 bits per heavy atom. The van der Waals surface area contributed by atoms with E-state index in [2.05, 4.69) is 33.6 Å². The highest BCUT2D eigenvalue weighted by molar-refractivity contribution is 5.89. The van der Waals surface area contributed by atoms with E-state index in [0.29, 0.717) is 40.6 Å². The number of fused-ring (bicyclic) bond motifs is 5. The van der Waals surface area contributed by atoms with E-state index < -0.39 is 11.2 Å². The SMILES string of the molecule is C#C[C@](C)(CC[C@@H](C)[C@H]1CC[C@H]2[C@@H]3CC[C@H]4C[C@@](C)(O)CC[C@]4(C)[C@H]3CC[C@]12C)OC(=O)c1ccccc1. The van der Waals surface area contributed by atoms with Crippen LogP contribution in [-0.4, -0.2) is 22.3 Å². The van der Waals surface area contributed by atoms with Crippen LogP contribution < -0.4 is 0 Å². The van der Waals surface area contributed by atoms with Crippen LogP contribution in [0.1, 0.15) is 116 Å². The van der Waals surface area contributed by atoms with E-state index in [9.17, 15) is 9.90 Å². The van der Waals surface area contributed by atoms with Gasteiger partial charge in [0.05, 0.1) is 11.2 Å². The second-order valence-electron chi connectivity index (χ2n) is 14.7. The van der Waals surface area contributed by atoms with E-state index in [1.807, 2.05) is 25.1 Å². The number of ether oxygens (including phenoxy) is 1. The number of aliphatic hydroxyl groups is 1. The third-order valence-corrected chi connectivity index (χ3v) is 12.4. The maximum absolute atomic E-state index is 12.7. The summed E-state index contributed by atoms with van der Waals surface area (Å²) in [6.07, 6.45) is 18.8. The van der Waals surface area contributed by atoms with Crippen molar-refractivity contribution in [2.75, 3.05) is 0 Å². The number of rotatable bonds is 6. The maximum Gasteiger partial charge on any atom is 0.339 e. The molecule has 0 spiro atoms. The van der Waals surface area contributed by atoms with Crippen LogP contribution in [0, 0.1) is 58.7 Å². The molecular formula is C35H50O3. The van der Waals surface area contributed by atoms with Gasteiger partial charge in [-0.3, -0.25) is 0 Å². The van der Waals surface area contributed by atoms with Crippen molar-refractivity contribution in [3.8, 4) is 12.3 Å². The molecule has 208 valence electrons. The molecule has 3 nitrogen and oxygen atoms in total. The van der Waals surface area contributed by atoms with Gasteiger partial charge in [-0.05, 0) is 143 Å². The van der Waals surface area contributed by atoms with E-state index in [1.54, 1.807) is 12.1 Å². The van der Waals surface area contributed by atoms with Crippen LogP contribution in [0.4, 0.5) is 0 Å². The molecule has 4 aliphatic carbocycles. The molecule has 0 amide bonds. The third kappa shape index (κ3) is 4.85. The molecule has 0 bridgehead atoms. The van der Waals surface area contributed by atoms with Crippen LogP contribution in [0.2, 0.25) is 0 Å². The molecule has 0 saturated heterocycles. The second kappa shape index (κ2) is 9.99. The lowest BCUT2D eigenvalue weighted by Crippen LogP contribution is -2.55. The molecular weight excluding hydrogens is 468 g/mol. The number of terminal acetylenes is 1. The van der Waals surface area contributed by atoms with Crippen LogP contribution in [0.15, 0.2) is 30.3 Å². The molecule has 4 fully saturated rings. The first-order chi connectivity index (χ1) is 17.9. The van der Waals surface area contributed by atoms with Gasteiger partial charge in [0.15, 0.2) is 5.60 Å². The highest BCUT2D eigenvalue weighted by atomic mass is 16.6. The summed E-state index contributed by atoms with van der Waals surface area (Å²) < 4.78 is 5.87. The van der Waals surface area contributed by atoms with Gasteiger partial charge in [0, 0.05) is 0 Å². The molecule has 0 heterocycles. The summed E-state index contributed by atoms with van der Waals surface area (Å²) in [7, 11) is 0. The van der Waals surface area contributed by atoms with Gasteiger partial charge in [0.25, 0.3) is 0 Å². The number of esters is 1. The molecule has 0 aliphatic heterocycles. The maximum atomic E-state index is 12.7. The number of benzene rings is 1. The lowest BCUT2D eigenvalue weighted by atomic mass is 9.43. The molecule has 1 aromatic carbocycles. The monoisotopic (exact) mass is 518 g/mol. The first kappa shape index (κ1) is 27.8. The van der Waals surface area contributed by atoms with Gasteiger partial charge in [0.1, 0.15) is 0 Å². The van der Waals surface area contributed by atoms with Gasteiger partial charge in [-0.1, -0.05) is 44.9 Å². The van der Waals surface area contributed by atoms with E-state index in [-0.39, 0.29) is 5.97 Å². The predicted molar refractivity (Wildman–Crippen MR) is 153 cm³/mol. The molecule has 5 rings (SSSR count). The average Bonchev–Trinajstić information content (AvgIpc) is 3.25. The summed E-state index contributed by atoms with van der Waals surface area (Å²) >= 11 is 0. The minimum absolute atomic E-state index is 0.335. The van der Waals surface area contributed by atoms with E-state index in [4.69, 9.17) is 11.2 Å². The zero-order valence-electron chi connectivity index (χ0n) is 24.5. The number of carbonyl (C=O) groups excluding carboxylic acids is 1. The molecule has 4 aliphatic rings. The van der Waals surface area contributed by atoms with E-state index >= 15 is 0 Å². The van der Waals surface area contributed by atoms with Crippen molar-refractivity contribution in [3.63, 3.8) is 0 Å². The van der Waals surface area contributed by atoms with Crippen molar-refractivity contribution < 1.29 is 14.6 Å². The molecule has 1 aromatic rings. The number of hydrogen-bond donors (Lipinski definition) is 1. The molecule has 0 radical (unpaired) electrons. The normalized spacial score (nSPS) is 42.5. The Labute approximate surface area is 231 Å². The summed E-state index contributed by atoms with van der Waals surface area (Å²) in [5.41, 5.74) is 0.0171. The molecule has 0 aromatic heterocycles. The zero-order valence-corrected chi connectivity index (χ0v) is 24.5. The first-order valence-electron chi connectivity index (χ1n) is 15.4. The van der Waals surface area contributed by atoms with Crippen molar-refractivity contribution >= 4 is 5.97 Å². The zero-order chi connectivity index (χ0) is 27.3. The summed E-state index contributed by atoms with van der Waals surface area (Å²) in [6, 6.07) is 9.15. The van der Waals surface area contributed by atoms with Crippen LogP contribution in [0.25, 0.3) is 0 Å². The smallest absolute Gasteiger partial charge is 0.339 e. The molecule has 38 heavy (non-hydrogen) atoms. The number of carbonyl (C=O) groups is 1. The molecule has 10 atom stereocenters. The summed E-state index contributed by atoms with van der Waals surface area (Å²) in [5, 5.41) is 10.8. The predicted octanol–water partition coefficient (Wildman–Crippen LogP) is 8.06. The topological polar surface area (TPSA) is 46.5 Å². The van der Waals surface area contributed by atoms with Crippen molar-refractivity contribution in [3.05, 3.63) is 35.9 Å². The summed E-state index contributed by atoms with van der Waals surface area (Å²) in [4.78, 5) is 12.7. The van der Waals surface area contributed by atoms with Crippen molar-refractivity contribution in [1.82, 2.24) is 0 Å². The lowest BCUT2D eigenvalue weighted by molar-refractivity contribution is -0.148. The standard InChI is InChI=1S/C35H50O3/c1-7-33(4,38-31(36)25-11-9-8-10-12-25)19-17-24(2)28-15-16-29-27-14-13-26-23-32(3,37)21-22-34(26,5)30(27)18-20-35(28,29)6/h1,8-12,24,26-30,37H,13-23H2,2-6H3/t24-,26+,27+,28-,29+,30+,32+,33-,34+,35-/m1/s1. The highest BCUT2D eigenvalue weighted by Gasteiger charge is 2.61. The van der Waals surface area contributed by atoms with E-state index in [0.717, 1.165) is 37.0 Å². The highest BCUT2D eigenvalue weighted by Crippen LogP contribution is 2.68. The van der Waals surface area contributed by atoms with Crippen molar-refractivity contribution in [2.45, 2.75) is 116 Å². The average molecular weight is 519 g/mol. The quantitative estimate of drug-likeness (QED) is 0.306. The Balaban J connectivity index is 1.24. The van der Waals surface area contributed by atoms with Crippen molar-refractivity contribution in [1.29, 1.82) is 0 Å².